The average molecular weight is 267 g/mol. The van der Waals surface area contributed by atoms with Crippen molar-refractivity contribution in [1.29, 1.82) is 0 Å². The van der Waals surface area contributed by atoms with Crippen LogP contribution in [0.3, 0.4) is 0 Å². The van der Waals surface area contributed by atoms with Gasteiger partial charge in [0.2, 0.25) is 0 Å². The topological polar surface area (TPSA) is 50.5 Å². The first kappa shape index (κ1) is 13.9. The Kier molecular flexibility index (Phi) is 4.47. The van der Waals surface area contributed by atoms with Gasteiger partial charge in [0.15, 0.2) is 0 Å². The smallest absolute Gasteiger partial charge is 0.148 e. The Morgan fingerprint density at radius 3 is 2.79 bits per heavy atom. The lowest BCUT2D eigenvalue weighted by Gasteiger charge is -2.20. The van der Waals surface area contributed by atoms with E-state index < -0.39 is 0 Å². The summed E-state index contributed by atoms with van der Waals surface area (Å²) in [7, 11) is 1.53. The minimum Gasteiger partial charge on any atom is -0.495 e. The van der Waals surface area contributed by atoms with Crippen molar-refractivity contribution in [3.63, 3.8) is 0 Å². The van der Waals surface area contributed by atoms with Crippen LogP contribution in [0.25, 0.3) is 0 Å². The summed E-state index contributed by atoms with van der Waals surface area (Å²) in [5.41, 5.74) is 6.41. The van der Waals surface area contributed by atoms with E-state index in [1.807, 2.05) is 0 Å². The van der Waals surface area contributed by atoms with Crippen LogP contribution in [0.15, 0.2) is 12.1 Å². The van der Waals surface area contributed by atoms with Crippen LogP contribution in [-0.4, -0.2) is 37.7 Å². The van der Waals surface area contributed by atoms with Gasteiger partial charge in [0, 0.05) is 31.3 Å². The molecule has 0 amide bonds. The molecule has 0 bridgehead atoms. The van der Waals surface area contributed by atoms with Gasteiger partial charge in [-0.3, -0.25) is 4.90 Å². The van der Waals surface area contributed by atoms with E-state index in [4.69, 9.17) is 10.5 Å². The lowest BCUT2D eigenvalue weighted by Crippen LogP contribution is -2.31. The van der Waals surface area contributed by atoms with Crippen LogP contribution in [0.1, 0.15) is 19.8 Å². The second-order valence-electron chi connectivity index (χ2n) is 4.86. The van der Waals surface area contributed by atoms with Gasteiger partial charge >= 0.3 is 0 Å². The molecular formula is C14H22FN3O. The molecular weight excluding hydrogens is 245 g/mol. The van der Waals surface area contributed by atoms with Gasteiger partial charge in [0.05, 0.1) is 18.5 Å². The molecule has 1 fully saturated rings. The number of anilines is 2. The zero-order chi connectivity index (χ0) is 13.8. The van der Waals surface area contributed by atoms with Gasteiger partial charge in [-0.15, -0.1) is 0 Å². The predicted octanol–water partition coefficient (Wildman–Crippen LogP) is 2.31. The predicted molar refractivity (Wildman–Crippen MR) is 76.1 cm³/mol. The van der Waals surface area contributed by atoms with Crippen molar-refractivity contribution in [3.05, 3.63) is 17.9 Å². The molecule has 1 saturated carbocycles. The average Bonchev–Trinajstić information content (AvgIpc) is 3.21. The maximum absolute atomic E-state index is 13.7. The fraction of sp³-hybridized carbons (Fsp3) is 0.571. The van der Waals surface area contributed by atoms with Crippen LogP contribution in [-0.2, 0) is 0 Å². The van der Waals surface area contributed by atoms with Gasteiger partial charge < -0.3 is 15.8 Å². The summed E-state index contributed by atoms with van der Waals surface area (Å²) in [6.07, 6.45) is 2.58. The van der Waals surface area contributed by atoms with Crippen LogP contribution in [0, 0.1) is 5.82 Å². The summed E-state index contributed by atoms with van der Waals surface area (Å²) in [6.45, 7) is 4.84. The second-order valence-corrected chi connectivity index (χ2v) is 4.86. The fourth-order valence-corrected chi connectivity index (χ4v) is 2.25. The molecule has 106 valence electrons. The third kappa shape index (κ3) is 3.50. The van der Waals surface area contributed by atoms with E-state index in [1.54, 1.807) is 6.07 Å². The Hall–Kier alpha value is -1.49. The van der Waals surface area contributed by atoms with Crippen molar-refractivity contribution in [2.24, 2.45) is 0 Å². The highest BCUT2D eigenvalue weighted by Gasteiger charge is 2.27. The monoisotopic (exact) mass is 267 g/mol. The molecule has 0 saturated heterocycles. The van der Waals surface area contributed by atoms with E-state index in [9.17, 15) is 4.39 Å². The highest BCUT2D eigenvalue weighted by Crippen LogP contribution is 2.28. The van der Waals surface area contributed by atoms with Crippen LogP contribution in [0.5, 0.6) is 5.75 Å². The maximum Gasteiger partial charge on any atom is 0.148 e. The molecule has 3 N–H and O–H groups in total. The number of nitrogens with one attached hydrogen (secondary N) is 1. The summed E-state index contributed by atoms with van der Waals surface area (Å²) < 4.78 is 18.8. The molecule has 0 radical (unpaired) electrons. The van der Waals surface area contributed by atoms with E-state index in [0.29, 0.717) is 23.7 Å². The molecule has 0 atom stereocenters. The normalized spacial score (nSPS) is 14.7. The van der Waals surface area contributed by atoms with Crippen molar-refractivity contribution in [3.8, 4) is 5.75 Å². The zero-order valence-corrected chi connectivity index (χ0v) is 11.6. The number of nitrogens with two attached hydrogens (primary N) is 1. The summed E-state index contributed by atoms with van der Waals surface area (Å²) in [6, 6.07) is 3.63. The molecule has 0 spiro atoms. The van der Waals surface area contributed by atoms with Crippen LogP contribution in [0.2, 0.25) is 0 Å². The quantitative estimate of drug-likeness (QED) is 0.744. The van der Waals surface area contributed by atoms with Gasteiger partial charge in [0.1, 0.15) is 11.6 Å². The minimum absolute atomic E-state index is 0.318. The largest absolute Gasteiger partial charge is 0.495 e. The van der Waals surface area contributed by atoms with Crippen molar-refractivity contribution in [2.45, 2.75) is 25.8 Å². The summed E-state index contributed by atoms with van der Waals surface area (Å²) in [4.78, 5) is 2.42. The standard InChI is InChI=1S/C14H22FN3O/c1-3-18(10-4-5-10)7-6-17-13-9-14(19-2)12(16)8-11(13)15/h8-10,17H,3-7,16H2,1-2H3. The van der Waals surface area contributed by atoms with E-state index in [-0.39, 0.29) is 5.82 Å². The highest BCUT2D eigenvalue weighted by atomic mass is 19.1. The van der Waals surface area contributed by atoms with E-state index in [0.717, 1.165) is 19.1 Å². The molecule has 1 aromatic rings. The SMILES string of the molecule is CCN(CCNc1cc(OC)c(N)cc1F)C1CC1. The van der Waals surface area contributed by atoms with Gasteiger partial charge in [-0.25, -0.2) is 4.39 Å². The molecule has 0 aliphatic heterocycles. The lowest BCUT2D eigenvalue weighted by molar-refractivity contribution is 0.289. The molecule has 19 heavy (non-hydrogen) atoms. The summed E-state index contributed by atoms with van der Waals surface area (Å²) in [5.74, 6) is 0.159. The Morgan fingerprint density at radius 2 is 2.21 bits per heavy atom. The first-order valence-electron chi connectivity index (χ1n) is 6.76. The highest BCUT2D eigenvalue weighted by molar-refractivity contribution is 5.62. The van der Waals surface area contributed by atoms with Crippen molar-refractivity contribution >= 4 is 11.4 Å². The van der Waals surface area contributed by atoms with E-state index >= 15 is 0 Å². The fourth-order valence-electron chi connectivity index (χ4n) is 2.25. The molecule has 2 rings (SSSR count). The second kappa shape index (κ2) is 6.10. The number of halogens is 1. The molecule has 1 aliphatic carbocycles. The van der Waals surface area contributed by atoms with Crippen LogP contribution in [0.4, 0.5) is 15.8 Å². The molecule has 0 unspecified atom stereocenters. The number of benzene rings is 1. The van der Waals surface area contributed by atoms with E-state index in [1.165, 1.54) is 26.0 Å². The Balaban J connectivity index is 1.91. The van der Waals surface area contributed by atoms with Crippen molar-refractivity contribution in [1.82, 2.24) is 4.90 Å². The lowest BCUT2D eigenvalue weighted by atomic mass is 10.2. The van der Waals surface area contributed by atoms with Gasteiger partial charge in [-0.05, 0) is 19.4 Å². The molecule has 0 heterocycles. The number of nitrogens with zero attached hydrogens (tertiary/aromatic N) is 1. The number of nitrogen functional groups attached to an aromatic ring is 1. The molecule has 1 aromatic carbocycles. The first-order chi connectivity index (χ1) is 9.15. The van der Waals surface area contributed by atoms with Gasteiger partial charge in [-0.1, -0.05) is 6.92 Å². The van der Waals surface area contributed by atoms with Crippen LogP contribution < -0.4 is 15.8 Å². The number of likely N-dealkylation sites (N-methyl/N-ethyl adjacent to an activating group) is 1. The number of rotatable bonds is 7. The molecule has 5 heteroatoms. The first-order valence-corrected chi connectivity index (χ1v) is 6.76. The number of methoxy groups -OCH3 is 1. The van der Waals surface area contributed by atoms with Gasteiger partial charge in [0.25, 0.3) is 0 Å². The van der Waals surface area contributed by atoms with Crippen molar-refractivity contribution < 1.29 is 9.13 Å². The number of hydrogen-bond donors (Lipinski definition) is 2. The Morgan fingerprint density at radius 1 is 1.47 bits per heavy atom. The number of ether oxygens (including phenoxy) is 1. The molecule has 0 aromatic heterocycles. The van der Waals surface area contributed by atoms with Gasteiger partial charge in [-0.2, -0.15) is 0 Å². The van der Waals surface area contributed by atoms with E-state index in [2.05, 4.69) is 17.1 Å². The third-order valence-corrected chi connectivity index (χ3v) is 3.50. The third-order valence-electron chi connectivity index (χ3n) is 3.50. The Bertz CT molecular complexity index is 435. The van der Waals surface area contributed by atoms with Crippen LogP contribution >= 0.6 is 0 Å². The summed E-state index contributed by atoms with van der Waals surface area (Å²) >= 11 is 0. The minimum atomic E-state index is -0.340. The zero-order valence-electron chi connectivity index (χ0n) is 11.6. The van der Waals surface area contributed by atoms with Crippen molar-refractivity contribution in [2.75, 3.05) is 37.8 Å². The Labute approximate surface area is 113 Å². The maximum atomic E-state index is 13.7. The molecule has 1 aliphatic rings. The summed E-state index contributed by atoms with van der Waals surface area (Å²) in [5, 5.41) is 3.11. The number of hydrogen-bond acceptors (Lipinski definition) is 4. The molecule has 4 nitrogen and oxygen atoms in total.